The summed E-state index contributed by atoms with van der Waals surface area (Å²) in [5.41, 5.74) is 2.39. The van der Waals surface area contributed by atoms with Crippen LogP contribution < -0.4 is 5.32 Å². The number of aromatic amines is 1. The number of hydrogen-bond acceptors (Lipinski definition) is 3. The summed E-state index contributed by atoms with van der Waals surface area (Å²) in [6.45, 7) is 9.22. The van der Waals surface area contributed by atoms with Crippen molar-refractivity contribution in [1.29, 1.82) is 0 Å². The molecule has 3 rings (SSSR count). The van der Waals surface area contributed by atoms with Crippen LogP contribution in [0.1, 0.15) is 49.3 Å². The molecule has 186 valence electrons. The molecule has 10 heteroatoms. The number of halogens is 5. The molecule has 0 radical (unpaired) electrons. The summed E-state index contributed by atoms with van der Waals surface area (Å²) in [5.74, 6) is -0.656. The van der Waals surface area contributed by atoms with Crippen LogP contribution in [-0.4, -0.2) is 32.9 Å². The van der Waals surface area contributed by atoms with E-state index in [0.29, 0.717) is 27.2 Å². The summed E-state index contributed by atoms with van der Waals surface area (Å²) in [4.78, 5) is 20.7. The fourth-order valence-corrected chi connectivity index (χ4v) is 3.68. The molecule has 1 aromatic heterocycles. The number of nitrogens with one attached hydrogen (secondary N) is 2. The average molecular weight is 623 g/mol. The van der Waals surface area contributed by atoms with E-state index >= 15 is 0 Å². The van der Waals surface area contributed by atoms with Gasteiger partial charge in [-0.25, -0.2) is 13.8 Å². The largest absolute Gasteiger partial charge is 0.341 e. The number of hydrogen-bond donors (Lipinski definition) is 2. The Bertz CT molecular complexity index is 1050. The lowest BCUT2D eigenvalue weighted by Crippen LogP contribution is -2.36. The van der Waals surface area contributed by atoms with Gasteiger partial charge in [-0.05, 0) is 81.1 Å². The van der Waals surface area contributed by atoms with E-state index in [1.807, 2.05) is 13.8 Å². The van der Waals surface area contributed by atoms with Gasteiger partial charge in [0.2, 0.25) is 0 Å². The lowest BCUT2D eigenvalue weighted by molar-refractivity contribution is 0.0685. The molecule has 0 saturated carbocycles. The molecule has 0 fully saturated rings. The van der Waals surface area contributed by atoms with Crippen molar-refractivity contribution in [2.75, 3.05) is 0 Å². The number of rotatable bonds is 7. The predicted molar refractivity (Wildman–Crippen MR) is 141 cm³/mol. The van der Waals surface area contributed by atoms with Crippen LogP contribution in [0.4, 0.5) is 8.78 Å². The summed E-state index contributed by atoms with van der Waals surface area (Å²) >= 11 is 6.30. The number of aromatic nitrogens is 2. The first kappa shape index (κ1) is 30.2. The Kier molecular flexibility index (Phi) is 12.9. The van der Waals surface area contributed by atoms with Crippen LogP contribution in [-0.2, 0) is 13.1 Å². The number of carbonyl (C=O) groups is 1. The monoisotopic (exact) mass is 620 g/mol. The molecule has 0 saturated heterocycles. The predicted octanol–water partition coefficient (Wildman–Crippen LogP) is 6.87. The van der Waals surface area contributed by atoms with Crippen LogP contribution in [0.5, 0.6) is 0 Å². The number of amides is 1. The van der Waals surface area contributed by atoms with Crippen molar-refractivity contribution in [3.05, 3.63) is 86.3 Å². The SMILES string of the molecule is CC(C)N(Cc1ccc(F)c(Br)c1)C(=O)c1cnc[nH]1.CC(C)NCc1ccc(F)c(Br)c1.Cl. The first-order valence-electron chi connectivity index (χ1n) is 10.5. The van der Waals surface area contributed by atoms with E-state index in [1.165, 1.54) is 24.7 Å². The van der Waals surface area contributed by atoms with Gasteiger partial charge in [-0.3, -0.25) is 4.79 Å². The zero-order valence-electron chi connectivity index (χ0n) is 19.4. The second-order valence-electron chi connectivity index (χ2n) is 8.02. The molecule has 0 spiro atoms. The molecule has 5 nitrogen and oxygen atoms in total. The maximum atomic E-state index is 13.2. The average Bonchev–Trinajstić information content (AvgIpc) is 3.30. The lowest BCUT2D eigenvalue weighted by atomic mass is 10.1. The van der Waals surface area contributed by atoms with E-state index in [4.69, 9.17) is 0 Å². The summed E-state index contributed by atoms with van der Waals surface area (Å²) in [7, 11) is 0. The first-order chi connectivity index (χ1) is 15.6. The summed E-state index contributed by atoms with van der Waals surface area (Å²) in [5, 5.41) is 3.27. The Morgan fingerprint density at radius 2 is 1.59 bits per heavy atom. The fourth-order valence-electron chi connectivity index (χ4n) is 2.82. The van der Waals surface area contributed by atoms with Gasteiger partial charge in [0.15, 0.2) is 0 Å². The molecule has 0 aliphatic carbocycles. The molecule has 0 bridgehead atoms. The van der Waals surface area contributed by atoms with Crippen molar-refractivity contribution in [3.8, 4) is 0 Å². The Balaban J connectivity index is 0.000000360. The van der Waals surface area contributed by atoms with Gasteiger partial charge < -0.3 is 15.2 Å². The highest BCUT2D eigenvalue weighted by Crippen LogP contribution is 2.20. The Hall–Kier alpha value is -1.81. The molecule has 1 heterocycles. The molecule has 2 N–H and O–H groups in total. The maximum Gasteiger partial charge on any atom is 0.272 e. The van der Waals surface area contributed by atoms with Crippen LogP contribution in [0.15, 0.2) is 57.9 Å². The summed E-state index contributed by atoms with van der Waals surface area (Å²) in [6, 6.07) is 10.3. The standard InChI is InChI=1S/C14H15BrFN3O.C10H13BrFN.ClH/c1-9(2)19(14(20)13-6-17-8-18-13)7-10-3-4-12(16)11(15)5-10;1-7(2)13-6-8-3-4-10(12)9(11)5-8;/h3-6,8-9H,7H2,1-2H3,(H,17,18);3-5,7,13H,6H2,1-2H3;1H. The number of H-pyrrole nitrogens is 1. The highest BCUT2D eigenvalue weighted by atomic mass is 79.9. The topological polar surface area (TPSA) is 61.0 Å². The summed E-state index contributed by atoms with van der Waals surface area (Å²) in [6.07, 6.45) is 2.97. The first-order valence-corrected chi connectivity index (χ1v) is 12.1. The van der Waals surface area contributed by atoms with Crippen molar-refractivity contribution in [3.63, 3.8) is 0 Å². The molecule has 0 unspecified atom stereocenters. The second-order valence-corrected chi connectivity index (χ2v) is 9.73. The fraction of sp³-hybridized carbons (Fsp3) is 0.333. The third kappa shape index (κ3) is 9.44. The number of carbonyl (C=O) groups excluding carboxylic acids is 1. The third-order valence-electron chi connectivity index (χ3n) is 4.65. The van der Waals surface area contributed by atoms with Crippen molar-refractivity contribution in [1.82, 2.24) is 20.2 Å². The zero-order valence-corrected chi connectivity index (χ0v) is 23.4. The van der Waals surface area contributed by atoms with Crippen LogP contribution in [0.2, 0.25) is 0 Å². The normalized spacial score (nSPS) is 10.5. The van der Waals surface area contributed by atoms with Crippen molar-refractivity contribution >= 4 is 50.2 Å². The number of benzene rings is 2. The van der Waals surface area contributed by atoms with Gasteiger partial charge in [0.1, 0.15) is 17.3 Å². The molecule has 0 atom stereocenters. The minimum atomic E-state index is -0.315. The van der Waals surface area contributed by atoms with Crippen LogP contribution in [0, 0.1) is 11.6 Å². The third-order valence-corrected chi connectivity index (χ3v) is 5.86. The van der Waals surface area contributed by atoms with E-state index in [0.717, 1.165) is 17.7 Å². The van der Waals surface area contributed by atoms with Gasteiger partial charge in [-0.15, -0.1) is 12.4 Å². The van der Waals surface area contributed by atoms with Gasteiger partial charge in [0.05, 0.1) is 21.5 Å². The molecular weight excluding hydrogens is 594 g/mol. The van der Waals surface area contributed by atoms with Crippen molar-refractivity contribution < 1.29 is 13.6 Å². The Labute approximate surface area is 222 Å². The number of nitrogens with zero attached hydrogens (tertiary/aromatic N) is 2. The van der Waals surface area contributed by atoms with Crippen LogP contribution in [0.25, 0.3) is 0 Å². The molecule has 34 heavy (non-hydrogen) atoms. The molecule has 0 aliphatic heterocycles. The van der Waals surface area contributed by atoms with E-state index in [9.17, 15) is 13.6 Å². The maximum absolute atomic E-state index is 13.2. The van der Waals surface area contributed by atoms with Gasteiger partial charge in [0, 0.05) is 25.2 Å². The van der Waals surface area contributed by atoms with Crippen LogP contribution >= 0.6 is 44.3 Å². The molecule has 0 aliphatic rings. The molecule has 2 aromatic carbocycles. The van der Waals surface area contributed by atoms with Gasteiger partial charge in [-0.1, -0.05) is 26.0 Å². The van der Waals surface area contributed by atoms with Crippen LogP contribution in [0.3, 0.4) is 0 Å². The molecular formula is C24H29Br2ClF2N4O. The minimum Gasteiger partial charge on any atom is -0.341 e. The second kappa shape index (κ2) is 14.6. The van der Waals surface area contributed by atoms with Gasteiger partial charge in [-0.2, -0.15) is 0 Å². The van der Waals surface area contributed by atoms with Gasteiger partial charge >= 0.3 is 0 Å². The summed E-state index contributed by atoms with van der Waals surface area (Å²) < 4.78 is 27.0. The van der Waals surface area contributed by atoms with E-state index < -0.39 is 0 Å². The lowest BCUT2D eigenvalue weighted by Gasteiger charge is -2.26. The quantitative estimate of drug-likeness (QED) is 0.303. The van der Waals surface area contributed by atoms with E-state index in [2.05, 4.69) is 61.0 Å². The zero-order chi connectivity index (χ0) is 24.5. The van der Waals surface area contributed by atoms with Gasteiger partial charge in [0.25, 0.3) is 5.91 Å². The van der Waals surface area contributed by atoms with E-state index in [-0.39, 0.29) is 36.0 Å². The Morgan fingerprint density at radius 3 is 2.06 bits per heavy atom. The highest BCUT2D eigenvalue weighted by Gasteiger charge is 2.20. The smallest absolute Gasteiger partial charge is 0.272 e. The van der Waals surface area contributed by atoms with Crippen molar-refractivity contribution in [2.45, 2.75) is 52.9 Å². The Morgan fingerprint density at radius 1 is 1.03 bits per heavy atom. The van der Waals surface area contributed by atoms with Crippen molar-refractivity contribution in [2.24, 2.45) is 0 Å². The molecule has 1 amide bonds. The minimum absolute atomic E-state index is 0. The molecule has 3 aromatic rings. The number of imidazole rings is 1. The highest BCUT2D eigenvalue weighted by molar-refractivity contribution is 9.10. The van der Waals surface area contributed by atoms with E-state index in [1.54, 1.807) is 29.2 Å².